The molecular weight excluding hydrogens is 268 g/mol. The zero-order chi connectivity index (χ0) is 15.0. The van der Waals surface area contributed by atoms with Crippen molar-refractivity contribution in [3.8, 4) is 11.8 Å². The standard InChI is InChI=1S/C20H14N2/c1-2-6-17(7-3-1)9-10-18-11-13-19(14-12-18)16-22-20-8-4-5-15-21-20/h1-8,11-16H/b22-16+. The molecule has 0 saturated heterocycles. The van der Waals surface area contributed by atoms with Crippen molar-refractivity contribution in [1.82, 2.24) is 4.98 Å². The molecule has 2 heteroatoms. The van der Waals surface area contributed by atoms with Gasteiger partial charge in [0, 0.05) is 23.5 Å². The van der Waals surface area contributed by atoms with Crippen LogP contribution in [0, 0.1) is 11.8 Å². The highest BCUT2D eigenvalue weighted by Gasteiger charge is 1.91. The van der Waals surface area contributed by atoms with E-state index in [1.165, 1.54) is 0 Å². The van der Waals surface area contributed by atoms with Crippen LogP contribution in [0.25, 0.3) is 0 Å². The summed E-state index contributed by atoms with van der Waals surface area (Å²) >= 11 is 0. The molecule has 0 unspecified atom stereocenters. The van der Waals surface area contributed by atoms with Crippen molar-refractivity contribution in [2.24, 2.45) is 4.99 Å². The van der Waals surface area contributed by atoms with Crippen LogP contribution < -0.4 is 0 Å². The molecule has 1 heterocycles. The topological polar surface area (TPSA) is 25.2 Å². The predicted molar refractivity (Wildman–Crippen MR) is 90.4 cm³/mol. The summed E-state index contributed by atoms with van der Waals surface area (Å²) in [5.41, 5.74) is 3.03. The van der Waals surface area contributed by atoms with Gasteiger partial charge in [-0.25, -0.2) is 9.98 Å². The second-order valence-electron chi connectivity index (χ2n) is 4.68. The summed E-state index contributed by atoms with van der Waals surface area (Å²) < 4.78 is 0. The summed E-state index contributed by atoms with van der Waals surface area (Å²) in [4.78, 5) is 8.48. The normalized spacial score (nSPS) is 10.2. The van der Waals surface area contributed by atoms with Crippen LogP contribution in [0.4, 0.5) is 5.82 Å². The molecule has 0 atom stereocenters. The van der Waals surface area contributed by atoms with Crippen LogP contribution in [0.3, 0.4) is 0 Å². The minimum Gasteiger partial charge on any atom is -0.237 e. The third-order valence-corrected chi connectivity index (χ3v) is 3.03. The number of aliphatic imine (C=N–C) groups is 1. The maximum Gasteiger partial charge on any atom is 0.151 e. The Balaban J connectivity index is 1.71. The molecule has 3 rings (SSSR count). The van der Waals surface area contributed by atoms with E-state index in [0.717, 1.165) is 16.7 Å². The Kier molecular flexibility index (Phi) is 4.39. The third kappa shape index (κ3) is 3.91. The van der Waals surface area contributed by atoms with E-state index in [9.17, 15) is 0 Å². The Morgan fingerprint density at radius 3 is 2.09 bits per heavy atom. The van der Waals surface area contributed by atoms with Gasteiger partial charge in [-0.15, -0.1) is 0 Å². The van der Waals surface area contributed by atoms with Crippen LogP contribution in [0.15, 0.2) is 84.0 Å². The van der Waals surface area contributed by atoms with Gasteiger partial charge in [-0.1, -0.05) is 48.2 Å². The lowest BCUT2D eigenvalue weighted by Crippen LogP contribution is -1.82. The van der Waals surface area contributed by atoms with Crippen molar-refractivity contribution < 1.29 is 0 Å². The molecule has 0 spiro atoms. The fourth-order valence-electron chi connectivity index (χ4n) is 1.89. The lowest BCUT2D eigenvalue weighted by Gasteiger charge is -1.94. The molecule has 2 nitrogen and oxygen atoms in total. The number of benzene rings is 2. The fraction of sp³-hybridized carbons (Fsp3) is 0. The van der Waals surface area contributed by atoms with E-state index in [-0.39, 0.29) is 0 Å². The van der Waals surface area contributed by atoms with Gasteiger partial charge in [0.25, 0.3) is 0 Å². The van der Waals surface area contributed by atoms with Crippen molar-refractivity contribution in [1.29, 1.82) is 0 Å². The molecule has 1 aromatic heterocycles. The molecule has 0 N–H and O–H groups in total. The largest absolute Gasteiger partial charge is 0.237 e. The molecule has 0 saturated carbocycles. The Morgan fingerprint density at radius 1 is 0.727 bits per heavy atom. The van der Waals surface area contributed by atoms with Gasteiger partial charge in [-0.3, -0.25) is 0 Å². The Hall–Kier alpha value is -3.18. The van der Waals surface area contributed by atoms with Crippen molar-refractivity contribution in [2.45, 2.75) is 0 Å². The van der Waals surface area contributed by atoms with E-state index >= 15 is 0 Å². The molecule has 0 aliphatic carbocycles. The molecule has 22 heavy (non-hydrogen) atoms. The molecule has 0 amide bonds. The Labute approximate surface area is 130 Å². The van der Waals surface area contributed by atoms with E-state index in [1.54, 1.807) is 12.4 Å². The van der Waals surface area contributed by atoms with E-state index in [0.29, 0.717) is 5.82 Å². The first-order valence-corrected chi connectivity index (χ1v) is 7.02. The average molecular weight is 282 g/mol. The minimum absolute atomic E-state index is 0.704. The number of pyridine rings is 1. The summed E-state index contributed by atoms with van der Waals surface area (Å²) in [5, 5.41) is 0. The molecule has 0 radical (unpaired) electrons. The van der Waals surface area contributed by atoms with Crippen molar-refractivity contribution in [3.05, 3.63) is 95.7 Å². The quantitative estimate of drug-likeness (QED) is 0.510. The van der Waals surface area contributed by atoms with E-state index in [4.69, 9.17) is 0 Å². The third-order valence-electron chi connectivity index (χ3n) is 3.03. The van der Waals surface area contributed by atoms with Gasteiger partial charge in [0.05, 0.1) is 0 Å². The molecule has 2 aromatic carbocycles. The van der Waals surface area contributed by atoms with Gasteiger partial charge in [0.15, 0.2) is 5.82 Å². The van der Waals surface area contributed by atoms with Gasteiger partial charge in [-0.2, -0.15) is 0 Å². The van der Waals surface area contributed by atoms with Crippen molar-refractivity contribution >= 4 is 12.0 Å². The summed E-state index contributed by atoms with van der Waals surface area (Å²) in [5.74, 6) is 7.00. The summed E-state index contributed by atoms with van der Waals surface area (Å²) in [6, 6.07) is 23.6. The fourth-order valence-corrected chi connectivity index (χ4v) is 1.89. The lowest BCUT2D eigenvalue weighted by atomic mass is 10.1. The van der Waals surface area contributed by atoms with Gasteiger partial charge in [0.2, 0.25) is 0 Å². The van der Waals surface area contributed by atoms with Gasteiger partial charge in [-0.05, 0) is 42.0 Å². The van der Waals surface area contributed by atoms with Crippen molar-refractivity contribution in [2.75, 3.05) is 0 Å². The maximum atomic E-state index is 4.33. The highest BCUT2D eigenvalue weighted by molar-refractivity contribution is 5.81. The smallest absolute Gasteiger partial charge is 0.151 e. The molecule has 0 aliphatic heterocycles. The average Bonchev–Trinajstić information content (AvgIpc) is 2.61. The van der Waals surface area contributed by atoms with Crippen LogP contribution in [0.5, 0.6) is 0 Å². The molecule has 0 aliphatic rings. The highest BCUT2D eigenvalue weighted by atomic mass is 14.9. The number of aromatic nitrogens is 1. The molecule has 3 aromatic rings. The Bertz CT molecular complexity index is 808. The lowest BCUT2D eigenvalue weighted by molar-refractivity contribution is 1.28. The van der Waals surface area contributed by atoms with Gasteiger partial charge >= 0.3 is 0 Å². The number of hydrogen-bond donors (Lipinski definition) is 0. The summed E-state index contributed by atoms with van der Waals surface area (Å²) in [6.45, 7) is 0. The molecule has 0 bridgehead atoms. The first-order valence-electron chi connectivity index (χ1n) is 7.02. The van der Waals surface area contributed by atoms with Crippen LogP contribution in [0.2, 0.25) is 0 Å². The van der Waals surface area contributed by atoms with Crippen LogP contribution >= 0.6 is 0 Å². The second kappa shape index (κ2) is 7.01. The number of nitrogens with zero attached hydrogens (tertiary/aromatic N) is 2. The maximum absolute atomic E-state index is 4.33. The molecule has 0 fully saturated rings. The SMILES string of the molecule is C(#Cc1ccc(/C=N/c2ccccn2)cc1)c1ccccc1. The van der Waals surface area contributed by atoms with Crippen molar-refractivity contribution in [3.63, 3.8) is 0 Å². The highest BCUT2D eigenvalue weighted by Crippen LogP contribution is 2.07. The predicted octanol–water partition coefficient (Wildman–Crippen LogP) is 4.23. The van der Waals surface area contributed by atoms with Gasteiger partial charge in [0.1, 0.15) is 0 Å². The Morgan fingerprint density at radius 2 is 1.41 bits per heavy atom. The summed E-state index contributed by atoms with van der Waals surface area (Å²) in [7, 11) is 0. The second-order valence-corrected chi connectivity index (χ2v) is 4.68. The number of hydrogen-bond acceptors (Lipinski definition) is 2. The van der Waals surface area contributed by atoms with E-state index in [1.807, 2.05) is 72.8 Å². The zero-order valence-corrected chi connectivity index (χ0v) is 12.0. The monoisotopic (exact) mass is 282 g/mol. The van der Waals surface area contributed by atoms with E-state index < -0.39 is 0 Å². The van der Waals surface area contributed by atoms with Crippen LogP contribution in [-0.4, -0.2) is 11.2 Å². The van der Waals surface area contributed by atoms with E-state index in [2.05, 4.69) is 21.8 Å². The first kappa shape index (κ1) is 13.8. The molecule has 104 valence electrons. The number of rotatable bonds is 2. The van der Waals surface area contributed by atoms with Crippen LogP contribution in [0.1, 0.15) is 16.7 Å². The minimum atomic E-state index is 0.704. The zero-order valence-electron chi connectivity index (χ0n) is 12.0. The van der Waals surface area contributed by atoms with Gasteiger partial charge < -0.3 is 0 Å². The summed E-state index contributed by atoms with van der Waals surface area (Å²) in [6.07, 6.45) is 3.53. The molecular formula is C20H14N2. The first-order chi connectivity index (χ1) is 10.9. The van der Waals surface area contributed by atoms with Crippen LogP contribution in [-0.2, 0) is 0 Å².